The maximum atomic E-state index is 13.4. The highest BCUT2D eigenvalue weighted by atomic mass is 35.5. The maximum Gasteiger partial charge on any atom is 0.449 e. The molecule has 1 aliphatic carbocycles. The molecule has 1 aromatic rings. The van der Waals surface area contributed by atoms with E-state index < -0.39 is 23.5 Å². The summed E-state index contributed by atoms with van der Waals surface area (Å²) < 4.78 is 40.3. The molecule has 1 heterocycles. The molecule has 27 heavy (non-hydrogen) atoms. The Bertz CT molecular complexity index is 785. The van der Waals surface area contributed by atoms with Gasteiger partial charge in [0.1, 0.15) is 0 Å². The number of aliphatic carboxylic acids is 1. The minimum Gasteiger partial charge on any atom is -0.479 e. The first kappa shape index (κ1) is 19.5. The Morgan fingerprint density at radius 2 is 1.63 bits per heavy atom. The van der Waals surface area contributed by atoms with Gasteiger partial charge < -0.3 is 14.9 Å². The minimum atomic E-state index is -4.76. The van der Waals surface area contributed by atoms with E-state index in [0.717, 1.165) is 4.90 Å². The Morgan fingerprint density at radius 3 is 2.11 bits per heavy atom. The van der Waals surface area contributed by atoms with E-state index in [4.69, 9.17) is 16.7 Å². The van der Waals surface area contributed by atoms with Crippen LogP contribution in [0.1, 0.15) is 23.2 Å². The van der Waals surface area contributed by atoms with E-state index in [1.807, 2.05) is 0 Å². The number of carbonyl (C=O) groups is 2. The number of aliphatic imine (C=N–C) groups is 1. The Balaban J connectivity index is 1.73. The van der Waals surface area contributed by atoms with Gasteiger partial charge in [0.25, 0.3) is 5.91 Å². The topological polar surface area (TPSA) is 73.2 Å². The second-order valence-corrected chi connectivity index (χ2v) is 6.94. The zero-order valence-electron chi connectivity index (χ0n) is 14.2. The van der Waals surface area contributed by atoms with Crippen molar-refractivity contribution in [1.82, 2.24) is 9.80 Å². The van der Waals surface area contributed by atoms with Crippen LogP contribution in [0.15, 0.2) is 29.3 Å². The van der Waals surface area contributed by atoms with Crippen LogP contribution >= 0.6 is 11.6 Å². The van der Waals surface area contributed by atoms with E-state index >= 15 is 0 Å². The molecule has 6 nitrogen and oxygen atoms in total. The first-order valence-corrected chi connectivity index (χ1v) is 8.71. The highest BCUT2D eigenvalue weighted by molar-refractivity contribution is 6.33. The maximum absolute atomic E-state index is 13.4. The zero-order valence-corrected chi connectivity index (χ0v) is 14.9. The highest BCUT2D eigenvalue weighted by Gasteiger charge is 2.54. The van der Waals surface area contributed by atoms with E-state index in [1.165, 1.54) is 4.90 Å². The number of piperazine rings is 1. The molecule has 1 saturated heterocycles. The zero-order chi connectivity index (χ0) is 19.8. The lowest BCUT2D eigenvalue weighted by Gasteiger charge is -2.37. The molecule has 1 aromatic carbocycles. The quantitative estimate of drug-likeness (QED) is 0.622. The first-order chi connectivity index (χ1) is 12.6. The van der Waals surface area contributed by atoms with Gasteiger partial charge in [-0.05, 0) is 25.0 Å². The molecular weight excluding hydrogens is 387 g/mol. The summed E-state index contributed by atoms with van der Waals surface area (Å²) in [7, 11) is 0. The predicted octanol–water partition coefficient (Wildman–Crippen LogP) is 2.68. The van der Waals surface area contributed by atoms with Gasteiger partial charge >= 0.3 is 12.1 Å². The lowest BCUT2D eigenvalue weighted by atomic mass is 10.1. The summed E-state index contributed by atoms with van der Waals surface area (Å²) in [6.45, 7) is -0.0765. The van der Waals surface area contributed by atoms with Crippen molar-refractivity contribution in [3.05, 3.63) is 34.9 Å². The number of amidine groups is 1. The van der Waals surface area contributed by atoms with Gasteiger partial charge in [-0.15, -0.1) is 0 Å². The van der Waals surface area contributed by atoms with Crippen LogP contribution in [0.3, 0.4) is 0 Å². The Kier molecular flexibility index (Phi) is 5.07. The van der Waals surface area contributed by atoms with Crippen molar-refractivity contribution in [2.75, 3.05) is 26.2 Å². The minimum absolute atomic E-state index is 0.0548. The molecule has 0 aromatic heterocycles. The molecule has 146 valence electrons. The van der Waals surface area contributed by atoms with Gasteiger partial charge in [0.2, 0.25) is 5.84 Å². The van der Waals surface area contributed by atoms with Crippen LogP contribution < -0.4 is 0 Å². The van der Waals surface area contributed by atoms with Crippen LogP contribution in [0.4, 0.5) is 13.2 Å². The monoisotopic (exact) mass is 403 g/mol. The molecule has 0 spiro atoms. The standard InChI is InChI=1S/C17H17ClF3N3O3/c18-12-4-2-1-3-11(12)13(25)23-7-9-24(10-8-23)14(17(19,20)21)22-16(5-6-16)15(26)27/h1-4H,5-10H2,(H,26,27). The lowest BCUT2D eigenvalue weighted by Crippen LogP contribution is -2.54. The summed E-state index contributed by atoms with van der Waals surface area (Å²) >= 11 is 6.01. The largest absolute Gasteiger partial charge is 0.479 e. The Hall–Kier alpha value is -2.29. The molecule has 3 rings (SSSR count). The number of amides is 1. The van der Waals surface area contributed by atoms with Crippen LogP contribution in [-0.2, 0) is 4.79 Å². The van der Waals surface area contributed by atoms with Crippen LogP contribution in [0.2, 0.25) is 5.02 Å². The van der Waals surface area contributed by atoms with E-state index in [1.54, 1.807) is 24.3 Å². The SMILES string of the molecule is O=C(c1ccccc1Cl)N1CCN(C(=NC2(C(=O)O)CC2)C(F)(F)F)CC1. The summed E-state index contributed by atoms with van der Waals surface area (Å²) in [4.78, 5) is 29.7. The van der Waals surface area contributed by atoms with E-state index in [2.05, 4.69) is 4.99 Å². The van der Waals surface area contributed by atoms with Gasteiger partial charge in [0.15, 0.2) is 5.54 Å². The molecule has 1 amide bonds. The third-order valence-electron chi connectivity index (χ3n) is 4.67. The fourth-order valence-electron chi connectivity index (χ4n) is 2.93. The molecule has 0 bridgehead atoms. The summed E-state index contributed by atoms with van der Waals surface area (Å²) in [6, 6.07) is 6.47. The summed E-state index contributed by atoms with van der Waals surface area (Å²) in [5, 5.41) is 9.40. The van der Waals surface area contributed by atoms with Crippen molar-refractivity contribution < 1.29 is 27.9 Å². The number of benzene rings is 1. The molecule has 2 fully saturated rings. The van der Waals surface area contributed by atoms with Crippen molar-refractivity contribution in [3.63, 3.8) is 0 Å². The molecule has 0 unspecified atom stereocenters. The van der Waals surface area contributed by atoms with Gasteiger partial charge in [-0.1, -0.05) is 23.7 Å². The normalized spacial score (nSPS) is 19.8. The highest BCUT2D eigenvalue weighted by Crippen LogP contribution is 2.41. The lowest BCUT2D eigenvalue weighted by molar-refractivity contribution is -0.139. The second-order valence-electron chi connectivity index (χ2n) is 6.53. The van der Waals surface area contributed by atoms with E-state index in [9.17, 15) is 22.8 Å². The smallest absolute Gasteiger partial charge is 0.449 e. The van der Waals surface area contributed by atoms with Crippen LogP contribution in [-0.4, -0.2) is 70.5 Å². The van der Waals surface area contributed by atoms with E-state index in [0.29, 0.717) is 5.56 Å². The molecule has 1 aliphatic heterocycles. The molecular formula is C17H17ClF3N3O3. The summed E-state index contributed by atoms with van der Waals surface area (Å²) in [6.07, 6.45) is -4.58. The van der Waals surface area contributed by atoms with E-state index in [-0.39, 0.29) is 50.0 Å². The summed E-state index contributed by atoms with van der Waals surface area (Å²) in [5.41, 5.74) is -1.38. The van der Waals surface area contributed by atoms with Crippen molar-refractivity contribution >= 4 is 29.3 Å². The predicted molar refractivity (Wildman–Crippen MR) is 92.0 cm³/mol. The van der Waals surface area contributed by atoms with Gasteiger partial charge in [-0.25, -0.2) is 9.79 Å². The van der Waals surface area contributed by atoms with Crippen molar-refractivity contribution in [3.8, 4) is 0 Å². The number of hydrogen-bond acceptors (Lipinski definition) is 3. The van der Waals surface area contributed by atoms with Crippen LogP contribution in [0.5, 0.6) is 0 Å². The third kappa shape index (κ3) is 4.02. The third-order valence-corrected chi connectivity index (χ3v) is 5.00. The molecule has 1 saturated carbocycles. The van der Waals surface area contributed by atoms with Gasteiger partial charge in [0, 0.05) is 26.2 Å². The number of carbonyl (C=O) groups excluding carboxylic acids is 1. The number of carboxylic acid groups (broad SMARTS) is 1. The average Bonchev–Trinajstić information content (AvgIpc) is 3.40. The number of nitrogens with zero attached hydrogens (tertiary/aromatic N) is 3. The van der Waals surface area contributed by atoms with Gasteiger partial charge in [-0.2, -0.15) is 13.2 Å². The van der Waals surface area contributed by atoms with Crippen molar-refractivity contribution in [2.24, 2.45) is 4.99 Å². The van der Waals surface area contributed by atoms with Crippen LogP contribution in [0, 0.1) is 0 Å². The fourth-order valence-corrected chi connectivity index (χ4v) is 3.15. The second kappa shape index (κ2) is 7.03. The number of hydrogen-bond donors (Lipinski definition) is 1. The molecule has 10 heteroatoms. The number of halogens is 4. The first-order valence-electron chi connectivity index (χ1n) is 8.33. The van der Waals surface area contributed by atoms with Crippen molar-refractivity contribution in [1.29, 1.82) is 0 Å². The Labute approximate surface area is 158 Å². The summed E-state index contributed by atoms with van der Waals surface area (Å²) in [5.74, 6) is -2.89. The average molecular weight is 404 g/mol. The molecule has 2 aliphatic rings. The fraction of sp³-hybridized carbons (Fsp3) is 0.471. The molecule has 0 radical (unpaired) electrons. The van der Waals surface area contributed by atoms with Crippen molar-refractivity contribution in [2.45, 2.75) is 24.6 Å². The Morgan fingerprint density at radius 1 is 1.07 bits per heavy atom. The van der Waals surface area contributed by atoms with Crippen LogP contribution in [0.25, 0.3) is 0 Å². The number of carboxylic acids is 1. The number of alkyl halides is 3. The number of rotatable bonds is 3. The molecule has 0 atom stereocenters. The van der Waals surface area contributed by atoms with Gasteiger partial charge in [-0.3, -0.25) is 4.79 Å². The van der Waals surface area contributed by atoms with Gasteiger partial charge in [0.05, 0.1) is 10.6 Å². The molecule has 1 N–H and O–H groups in total.